The van der Waals surface area contributed by atoms with E-state index in [1.165, 1.54) is 10.9 Å². The van der Waals surface area contributed by atoms with Crippen molar-refractivity contribution in [3.8, 4) is 5.88 Å². The number of nitrogens with zero attached hydrogens (tertiary/aromatic N) is 3. The molecule has 2 aromatic heterocycles. The zero-order valence-electron chi connectivity index (χ0n) is 20.1. The molecule has 0 saturated carbocycles. The summed E-state index contributed by atoms with van der Waals surface area (Å²) < 4.78 is 8.22. The number of hydrogen-bond donors (Lipinski definition) is 1. The van der Waals surface area contributed by atoms with Crippen molar-refractivity contribution in [2.24, 2.45) is 5.92 Å². The van der Waals surface area contributed by atoms with Crippen molar-refractivity contribution in [3.63, 3.8) is 0 Å². The predicted octanol–water partition coefficient (Wildman–Crippen LogP) is 4.54. The predicted molar refractivity (Wildman–Crippen MR) is 139 cm³/mol. The Labute approximate surface area is 205 Å². The van der Waals surface area contributed by atoms with Crippen LogP contribution in [-0.2, 0) is 24.3 Å². The van der Waals surface area contributed by atoms with Gasteiger partial charge < -0.3 is 14.6 Å². The van der Waals surface area contributed by atoms with Crippen LogP contribution in [0.2, 0.25) is 0 Å². The van der Waals surface area contributed by atoms with Gasteiger partial charge in [-0.05, 0) is 56.5 Å². The van der Waals surface area contributed by atoms with Crippen molar-refractivity contribution in [3.05, 3.63) is 71.9 Å². The van der Waals surface area contributed by atoms with E-state index in [4.69, 9.17) is 9.72 Å². The minimum absolute atomic E-state index is 0.0844. The van der Waals surface area contributed by atoms with Crippen molar-refractivity contribution in [2.75, 3.05) is 26.2 Å². The summed E-state index contributed by atoms with van der Waals surface area (Å²) in [5.74, 6) is 1.49. The SMILES string of the molecule is O=C(Cc1c2n(c3ccccc13)CCCO2)NCC1CCN(Cc2ccc3ccccc3n2)CC1. The van der Waals surface area contributed by atoms with Gasteiger partial charge in [0.15, 0.2) is 5.88 Å². The summed E-state index contributed by atoms with van der Waals surface area (Å²) in [6.45, 7) is 5.39. The number of rotatable bonds is 6. The quantitative estimate of drug-likeness (QED) is 0.451. The summed E-state index contributed by atoms with van der Waals surface area (Å²) in [5.41, 5.74) is 4.37. The Morgan fingerprint density at radius 1 is 1.00 bits per heavy atom. The molecule has 0 radical (unpaired) electrons. The van der Waals surface area contributed by atoms with Crippen LogP contribution in [-0.4, -0.2) is 46.6 Å². The molecule has 6 nitrogen and oxygen atoms in total. The second-order valence-electron chi connectivity index (χ2n) is 9.85. The van der Waals surface area contributed by atoms with E-state index in [9.17, 15) is 4.79 Å². The number of para-hydroxylation sites is 2. The number of ether oxygens (including phenoxy) is 1. The van der Waals surface area contributed by atoms with E-state index in [0.717, 1.165) is 86.6 Å². The number of carbonyl (C=O) groups is 1. The van der Waals surface area contributed by atoms with E-state index < -0.39 is 0 Å². The molecule has 1 N–H and O–H groups in total. The van der Waals surface area contributed by atoms with Crippen LogP contribution < -0.4 is 10.1 Å². The van der Waals surface area contributed by atoms with Gasteiger partial charge in [-0.2, -0.15) is 0 Å². The molecule has 4 aromatic rings. The number of hydrogen-bond acceptors (Lipinski definition) is 4. The lowest BCUT2D eigenvalue weighted by Gasteiger charge is -2.31. The van der Waals surface area contributed by atoms with E-state index >= 15 is 0 Å². The monoisotopic (exact) mass is 468 g/mol. The molecule has 0 spiro atoms. The highest BCUT2D eigenvalue weighted by Gasteiger charge is 2.24. The van der Waals surface area contributed by atoms with Gasteiger partial charge in [0, 0.05) is 36.0 Å². The summed E-state index contributed by atoms with van der Waals surface area (Å²) in [6.07, 6.45) is 3.57. The molecular formula is C29H32N4O2. The lowest BCUT2D eigenvalue weighted by atomic mass is 9.96. The van der Waals surface area contributed by atoms with Crippen molar-refractivity contribution >= 4 is 27.7 Å². The molecule has 1 fully saturated rings. The number of fused-ring (bicyclic) bond motifs is 4. The highest BCUT2D eigenvalue weighted by Crippen LogP contribution is 2.35. The highest BCUT2D eigenvalue weighted by molar-refractivity contribution is 5.92. The van der Waals surface area contributed by atoms with Crippen LogP contribution in [0.4, 0.5) is 0 Å². The van der Waals surface area contributed by atoms with Gasteiger partial charge in [0.1, 0.15) is 0 Å². The number of piperidine rings is 1. The number of amides is 1. The molecule has 0 atom stereocenters. The van der Waals surface area contributed by atoms with Gasteiger partial charge in [-0.3, -0.25) is 14.7 Å². The average molecular weight is 469 g/mol. The minimum Gasteiger partial charge on any atom is -0.479 e. The minimum atomic E-state index is 0.0844. The molecule has 2 aliphatic rings. The van der Waals surface area contributed by atoms with Gasteiger partial charge in [-0.1, -0.05) is 42.5 Å². The fraction of sp³-hybridized carbons (Fsp3) is 0.379. The number of nitrogens with one attached hydrogen (secondary N) is 1. The second kappa shape index (κ2) is 9.70. The lowest BCUT2D eigenvalue weighted by molar-refractivity contribution is -0.120. The Hall–Kier alpha value is -3.38. The number of aryl methyl sites for hydroxylation is 1. The third kappa shape index (κ3) is 4.63. The van der Waals surface area contributed by atoms with Gasteiger partial charge in [-0.15, -0.1) is 0 Å². The maximum Gasteiger partial charge on any atom is 0.224 e. The van der Waals surface area contributed by atoms with Gasteiger partial charge in [0.25, 0.3) is 0 Å². The molecular weight excluding hydrogens is 436 g/mol. The zero-order valence-corrected chi connectivity index (χ0v) is 20.1. The third-order valence-corrected chi connectivity index (χ3v) is 7.46. The normalized spacial score (nSPS) is 16.8. The zero-order chi connectivity index (χ0) is 23.6. The van der Waals surface area contributed by atoms with Crippen molar-refractivity contribution in [1.29, 1.82) is 0 Å². The van der Waals surface area contributed by atoms with Gasteiger partial charge in [0.05, 0.1) is 29.8 Å². The maximum atomic E-state index is 12.9. The molecule has 6 rings (SSSR count). The van der Waals surface area contributed by atoms with Crippen LogP contribution in [0.15, 0.2) is 60.7 Å². The van der Waals surface area contributed by atoms with Crippen LogP contribution >= 0.6 is 0 Å². The third-order valence-electron chi connectivity index (χ3n) is 7.46. The molecule has 2 aliphatic heterocycles. The molecule has 1 amide bonds. The van der Waals surface area contributed by atoms with Gasteiger partial charge >= 0.3 is 0 Å². The van der Waals surface area contributed by atoms with Crippen LogP contribution in [0.5, 0.6) is 5.88 Å². The average Bonchev–Trinajstić information content (AvgIpc) is 3.22. The Balaban J connectivity index is 1.02. The van der Waals surface area contributed by atoms with Crippen LogP contribution in [0.25, 0.3) is 21.8 Å². The summed E-state index contributed by atoms with van der Waals surface area (Å²) >= 11 is 0. The highest BCUT2D eigenvalue weighted by atomic mass is 16.5. The molecule has 6 heteroatoms. The molecule has 0 unspecified atom stereocenters. The Kier molecular flexibility index (Phi) is 6.13. The number of carbonyl (C=O) groups excluding carboxylic acids is 1. The summed E-state index contributed by atoms with van der Waals surface area (Å²) in [6, 6.07) is 20.9. The number of pyridine rings is 1. The largest absolute Gasteiger partial charge is 0.479 e. The second-order valence-corrected chi connectivity index (χ2v) is 9.85. The van der Waals surface area contributed by atoms with E-state index in [2.05, 4.69) is 63.3 Å². The number of likely N-dealkylation sites (tertiary alicyclic amines) is 1. The fourth-order valence-corrected chi connectivity index (χ4v) is 5.56. The first-order chi connectivity index (χ1) is 17.2. The van der Waals surface area contributed by atoms with E-state index in [-0.39, 0.29) is 5.91 Å². The summed E-state index contributed by atoms with van der Waals surface area (Å²) in [7, 11) is 0. The molecule has 2 aromatic carbocycles. The van der Waals surface area contributed by atoms with Crippen molar-refractivity contribution in [1.82, 2.24) is 19.8 Å². The first-order valence-electron chi connectivity index (χ1n) is 12.8. The van der Waals surface area contributed by atoms with Crippen LogP contribution in [0, 0.1) is 5.92 Å². The van der Waals surface area contributed by atoms with Crippen molar-refractivity contribution in [2.45, 2.75) is 38.8 Å². The van der Waals surface area contributed by atoms with Gasteiger partial charge in [0.2, 0.25) is 5.91 Å². The first-order valence-corrected chi connectivity index (χ1v) is 12.8. The van der Waals surface area contributed by atoms with E-state index in [0.29, 0.717) is 12.3 Å². The molecule has 180 valence electrons. The summed E-state index contributed by atoms with van der Waals surface area (Å²) in [5, 5.41) is 5.53. The van der Waals surface area contributed by atoms with Crippen molar-refractivity contribution < 1.29 is 9.53 Å². The summed E-state index contributed by atoms with van der Waals surface area (Å²) in [4.78, 5) is 20.2. The molecule has 35 heavy (non-hydrogen) atoms. The van der Waals surface area contributed by atoms with E-state index in [1.807, 2.05) is 12.1 Å². The Morgan fingerprint density at radius 2 is 1.83 bits per heavy atom. The molecule has 1 saturated heterocycles. The Bertz CT molecular complexity index is 1350. The fourth-order valence-electron chi connectivity index (χ4n) is 5.56. The number of benzene rings is 2. The molecule has 0 bridgehead atoms. The standard InChI is InChI=1S/C29H32N4O2/c34-28(18-25-24-7-2-4-9-27(24)33-14-5-17-35-29(25)33)30-19-21-12-15-32(16-13-21)20-23-11-10-22-6-1-3-8-26(22)31-23/h1-4,6-11,21H,5,12-20H2,(H,30,34). The van der Waals surface area contributed by atoms with Gasteiger partial charge in [-0.25, -0.2) is 0 Å². The van der Waals surface area contributed by atoms with Crippen LogP contribution in [0.3, 0.4) is 0 Å². The topological polar surface area (TPSA) is 59.4 Å². The lowest BCUT2D eigenvalue weighted by Crippen LogP contribution is -2.38. The maximum absolute atomic E-state index is 12.9. The molecule has 4 heterocycles. The first kappa shape index (κ1) is 22.1. The smallest absolute Gasteiger partial charge is 0.224 e. The Morgan fingerprint density at radius 3 is 2.74 bits per heavy atom. The van der Waals surface area contributed by atoms with E-state index in [1.54, 1.807) is 0 Å². The van der Waals surface area contributed by atoms with Crippen LogP contribution in [0.1, 0.15) is 30.5 Å². The number of aromatic nitrogens is 2. The molecule has 0 aliphatic carbocycles.